The van der Waals surface area contributed by atoms with Gasteiger partial charge in [0, 0.05) is 36.7 Å². The maximum absolute atomic E-state index is 14.4. The van der Waals surface area contributed by atoms with Crippen LogP contribution in [0, 0.1) is 17.5 Å². The molecule has 0 aliphatic carbocycles. The van der Waals surface area contributed by atoms with Crippen LogP contribution >= 0.6 is 0 Å². The Morgan fingerprint density at radius 1 is 1.18 bits per heavy atom. The number of aryl methyl sites for hydroxylation is 1. The van der Waals surface area contributed by atoms with Crippen molar-refractivity contribution in [3.05, 3.63) is 58.3 Å². The van der Waals surface area contributed by atoms with Gasteiger partial charge in [-0.15, -0.1) is 0 Å². The predicted molar refractivity (Wildman–Crippen MR) is 93.8 cm³/mol. The summed E-state index contributed by atoms with van der Waals surface area (Å²) in [5.41, 5.74) is -0.0268. The highest BCUT2D eigenvalue weighted by Gasteiger charge is 2.43. The SMILES string of the molecule is CC(CCn1cc(F)c(-c2cc(F)cc(F)c2)cc1=O)(C(=O)NO)S(C)(=O)=O. The molecule has 2 N–H and O–H groups in total. The van der Waals surface area contributed by atoms with Gasteiger partial charge >= 0.3 is 0 Å². The highest BCUT2D eigenvalue weighted by atomic mass is 32.2. The molecule has 1 heterocycles. The Morgan fingerprint density at radius 3 is 2.25 bits per heavy atom. The van der Waals surface area contributed by atoms with E-state index in [1.807, 2.05) is 0 Å². The van der Waals surface area contributed by atoms with Crippen LogP contribution in [-0.2, 0) is 21.2 Å². The first kappa shape index (κ1) is 21.6. The Hall–Kier alpha value is -2.66. The first-order chi connectivity index (χ1) is 12.9. The Balaban J connectivity index is 2.40. The molecule has 152 valence electrons. The fraction of sp³-hybridized carbons (Fsp3) is 0.294. The molecule has 0 saturated heterocycles. The zero-order chi connectivity index (χ0) is 21.3. The van der Waals surface area contributed by atoms with E-state index in [0.717, 1.165) is 42.1 Å². The van der Waals surface area contributed by atoms with Crippen molar-refractivity contribution in [1.29, 1.82) is 0 Å². The van der Waals surface area contributed by atoms with Gasteiger partial charge in [-0.3, -0.25) is 14.8 Å². The molecule has 1 unspecified atom stereocenters. The molecule has 0 aliphatic rings. The van der Waals surface area contributed by atoms with Gasteiger partial charge in [0.2, 0.25) is 0 Å². The summed E-state index contributed by atoms with van der Waals surface area (Å²) >= 11 is 0. The third-order valence-electron chi connectivity index (χ3n) is 4.48. The smallest absolute Gasteiger partial charge is 0.264 e. The minimum Gasteiger partial charge on any atom is -0.312 e. The van der Waals surface area contributed by atoms with Crippen LogP contribution < -0.4 is 11.0 Å². The number of carbonyl (C=O) groups excluding carboxylic acids is 1. The van der Waals surface area contributed by atoms with Crippen LogP contribution in [0.4, 0.5) is 13.2 Å². The molecular weight excluding hydrogens is 401 g/mol. The van der Waals surface area contributed by atoms with E-state index in [4.69, 9.17) is 5.21 Å². The van der Waals surface area contributed by atoms with E-state index in [-0.39, 0.29) is 17.7 Å². The van der Waals surface area contributed by atoms with Gasteiger partial charge in [0.1, 0.15) is 17.5 Å². The normalized spacial score (nSPS) is 13.8. The molecule has 0 saturated carbocycles. The number of sulfone groups is 1. The van der Waals surface area contributed by atoms with Crippen molar-refractivity contribution >= 4 is 15.7 Å². The van der Waals surface area contributed by atoms with Crippen LogP contribution in [-0.4, -0.2) is 35.1 Å². The number of pyridine rings is 1. The van der Waals surface area contributed by atoms with E-state index < -0.39 is 49.9 Å². The first-order valence-corrected chi connectivity index (χ1v) is 9.79. The maximum atomic E-state index is 14.4. The number of hydroxylamine groups is 1. The minimum absolute atomic E-state index is 0.181. The number of hydrogen-bond donors (Lipinski definition) is 2. The maximum Gasteiger partial charge on any atom is 0.264 e. The molecule has 0 spiro atoms. The molecular formula is C17H17F3N2O5S. The zero-order valence-electron chi connectivity index (χ0n) is 14.9. The summed E-state index contributed by atoms with van der Waals surface area (Å²) in [6.07, 6.45) is 1.10. The van der Waals surface area contributed by atoms with Crippen molar-refractivity contribution in [1.82, 2.24) is 10.0 Å². The van der Waals surface area contributed by atoms with Crippen LogP contribution in [0.3, 0.4) is 0 Å². The third-order valence-corrected chi connectivity index (χ3v) is 6.51. The lowest BCUT2D eigenvalue weighted by Gasteiger charge is -2.25. The third kappa shape index (κ3) is 4.25. The summed E-state index contributed by atoms with van der Waals surface area (Å²) in [5.74, 6) is -4.07. The Labute approximate surface area is 158 Å². The van der Waals surface area contributed by atoms with E-state index in [1.165, 1.54) is 5.48 Å². The van der Waals surface area contributed by atoms with Crippen LogP contribution in [0.5, 0.6) is 0 Å². The molecule has 1 amide bonds. The van der Waals surface area contributed by atoms with Crippen LogP contribution in [0.25, 0.3) is 11.1 Å². The first-order valence-electron chi connectivity index (χ1n) is 7.89. The van der Waals surface area contributed by atoms with Crippen molar-refractivity contribution in [2.24, 2.45) is 0 Å². The fourth-order valence-electron chi connectivity index (χ4n) is 2.57. The van der Waals surface area contributed by atoms with Gasteiger partial charge in [-0.05, 0) is 31.0 Å². The van der Waals surface area contributed by atoms with Crippen LogP contribution in [0.1, 0.15) is 13.3 Å². The average Bonchev–Trinajstić information content (AvgIpc) is 2.59. The Morgan fingerprint density at radius 2 is 1.75 bits per heavy atom. The number of nitrogens with one attached hydrogen (secondary N) is 1. The number of benzene rings is 1. The van der Waals surface area contributed by atoms with Gasteiger partial charge in [-0.25, -0.2) is 27.1 Å². The number of amides is 1. The summed E-state index contributed by atoms with van der Waals surface area (Å²) in [7, 11) is -3.99. The van der Waals surface area contributed by atoms with Crippen molar-refractivity contribution in [2.45, 2.75) is 24.6 Å². The Bertz CT molecular complexity index is 1060. The quantitative estimate of drug-likeness (QED) is 0.548. The second-order valence-electron chi connectivity index (χ2n) is 6.42. The van der Waals surface area contributed by atoms with Crippen LogP contribution in [0.2, 0.25) is 0 Å². The van der Waals surface area contributed by atoms with Gasteiger partial charge in [0.05, 0.1) is 0 Å². The number of nitrogens with zero attached hydrogens (tertiary/aromatic N) is 1. The fourth-order valence-corrected chi connectivity index (χ4v) is 3.41. The molecule has 1 aromatic heterocycles. The molecule has 0 radical (unpaired) electrons. The van der Waals surface area contributed by atoms with Crippen molar-refractivity contribution in [2.75, 3.05) is 6.26 Å². The summed E-state index contributed by atoms with van der Waals surface area (Å²) in [6.45, 7) is 0.684. The lowest BCUT2D eigenvalue weighted by molar-refractivity contribution is -0.131. The number of rotatable bonds is 6. The lowest BCUT2D eigenvalue weighted by Crippen LogP contribution is -2.50. The number of hydrogen-bond acceptors (Lipinski definition) is 5. The van der Waals surface area contributed by atoms with Gasteiger partial charge in [-0.1, -0.05) is 0 Å². The molecule has 2 rings (SSSR count). The number of halogens is 3. The van der Waals surface area contributed by atoms with E-state index in [0.29, 0.717) is 6.07 Å². The molecule has 7 nitrogen and oxygen atoms in total. The second kappa shape index (κ2) is 7.76. The summed E-state index contributed by atoms with van der Waals surface area (Å²) in [5, 5.41) is 8.78. The van der Waals surface area contributed by atoms with Gasteiger partial charge < -0.3 is 4.57 Å². The summed E-state index contributed by atoms with van der Waals surface area (Å²) < 4.78 is 63.7. The average molecular weight is 418 g/mol. The number of carbonyl (C=O) groups is 1. The summed E-state index contributed by atoms with van der Waals surface area (Å²) in [6, 6.07) is 3.13. The standard InChI is InChI=1S/C17H17F3N2O5S/c1-17(16(24)21-25,28(2,26)27)3-4-22-9-14(20)13(8-15(22)23)10-5-11(18)7-12(19)6-10/h5-9,25H,3-4H2,1-2H3,(H,21,24). The second-order valence-corrected chi connectivity index (χ2v) is 8.86. The minimum atomic E-state index is -3.99. The van der Waals surface area contributed by atoms with E-state index in [1.54, 1.807) is 0 Å². The molecule has 0 aliphatic heterocycles. The molecule has 28 heavy (non-hydrogen) atoms. The molecule has 1 atom stereocenters. The van der Waals surface area contributed by atoms with E-state index in [9.17, 15) is 31.2 Å². The monoisotopic (exact) mass is 418 g/mol. The molecule has 1 aromatic carbocycles. The highest BCUT2D eigenvalue weighted by Crippen LogP contribution is 2.25. The van der Waals surface area contributed by atoms with Crippen molar-refractivity contribution < 1.29 is 31.6 Å². The van der Waals surface area contributed by atoms with Gasteiger partial charge in [-0.2, -0.15) is 0 Å². The lowest BCUT2D eigenvalue weighted by atomic mass is 10.0. The van der Waals surface area contributed by atoms with E-state index >= 15 is 0 Å². The largest absolute Gasteiger partial charge is 0.312 e. The van der Waals surface area contributed by atoms with Crippen molar-refractivity contribution in [3.63, 3.8) is 0 Å². The molecule has 2 aromatic rings. The predicted octanol–water partition coefficient (Wildman–Crippen LogP) is 1.63. The molecule has 11 heteroatoms. The van der Waals surface area contributed by atoms with Crippen molar-refractivity contribution in [3.8, 4) is 11.1 Å². The molecule has 0 bridgehead atoms. The zero-order valence-corrected chi connectivity index (χ0v) is 15.7. The summed E-state index contributed by atoms with van der Waals surface area (Å²) in [4.78, 5) is 24.0. The van der Waals surface area contributed by atoms with Gasteiger partial charge in [0.15, 0.2) is 14.6 Å². The topological polar surface area (TPSA) is 105 Å². The van der Waals surface area contributed by atoms with Gasteiger partial charge in [0.25, 0.3) is 11.5 Å². The highest BCUT2D eigenvalue weighted by molar-refractivity contribution is 7.92. The Kier molecular flexibility index (Phi) is 6.00. The van der Waals surface area contributed by atoms with E-state index in [2.05, 4.69) is 0 Å². The number of aromatic nitrogens is 1. The van der Waals surface area contributed by atoms with Crippen LogP contribution in [0.15, 0.2) is 35.3 Å². The molecule has 0 fully saturated rings.